The lowest BCUT2D eigenvalue weighted by Gasteiger charge is -2.12. The summed E-state index contributed by atoms with van der Waals surface area (Å²) >= 11 is 2.84. The van der Waals surface area contributed by atoms with Gasteiger partial charge in [-0.3, -0.25) is 10.1 Å². The molecule has 2 rings (SSSR count). The number of thioether (sulfide) groups is 1. The molecule has 0 saturated carbocycles. The maximum absolute atomic E-state index is 12.1. The third-order valence-corrected chi connectivity index (χ3v) is 5.14. The van der Waals surface area contributed by atoms with Gasteiger partial charge in [-0.2, -0.15) is 0 Å². The molecule has 2 aromatic rings. The molecule has 0 unspecified atom stereocenters. The minimum atomic E-state index is -0.474. The van der Waals surface area contributed by atoms with Crippen LogP contribution in [0.15, 0.2) is 22.7 Å². The van der Waals surface area contributed by atoms with Crippen LogP contribution in [-0.4, -0.2) is 38.5 Å². The van der Waals surface area contributed by atoms with Crippen LogP contribution in [0.1, 0.15) is 20.8 Å². The summed E-state index contributed by atoms with van der Waals surface area (Å²) in [7, 11) is 1.86. The van der Waals surface area contributed by atoms with Gasteiger partial charge in [-0.05, 0) is 24.3 Å². The van der Waals surface area contributed by atoms with Crippen molar-refractivity contribution in [1.82, 2.24) is 25.4 Å². The first kappa shape index (κ1) is 18.5. The number of thiophene rings is 1. The highest BCUT2D eigenvalue weighted by Gasteiger charge is 2.21. The molecule has 9 heteroatoms. The average molecular weight is 368 g/mol. The third kappa shape index (κ3) is 4.81. The van der Waals surface area contributed by atoms with Gasteiger partial charge in [-0.1, -0.05) is 31.7 Å². The molecule has 130 valence electrons. The first-order chi connectivity index (χ1) is 11.4. The van der Waals surface area contributed by atoms with E-state index < -0.39 is 11.3 Å². The number of urea groups is 1. The van der Waals surface area contributed by atoms with E-state index in [0.29, 0.717) is 17.6 Å². The van der Waals surface area contributed by atoms with Crippen molar-refractivity contribution in [3.8, 4) is 10.7 Å². The van der Waals surface area contributed by atoms with Crippen molar-refractivity contribution in [3.05, 3.63) is 17.5 Å². The molecule has 2 N–H and O–H groups in total. The molecule has 0 saturated heterocycles. The monoisotopic (exact) mass is 367 g/mol. The molecule has 0 fully saturated rings. The minimum absolute atomic E-state index is 0.326. The van der Waals surface area contributed by atoms with Crippen LogP contribution in [0.3, 0.4) is 0 Å². The Morgan fingerprint density at radius 3 is 2.71 bits per heavy atom. The summed E-state index contributed by atoms with van der Waals surface area (Å²) in [5.41, 5.74) is 0. The van der Waals surface area contributed by atoms with E-state index in [-0.39, 0.29) is 5.91 Å². The summed E-state index contributed by atoms with van der Waals surface area (Å²) in [6.45, 7) is 6.23. The van der Waals surface area contributed by atoms with E-state index in [2.05, 4.69) is 20.8 Å². The number of hydrogen-bond donors (Lipinski definition) is 2. The molecule has 2 aromatic heterocycles. The molecule has 1 atom stereocenters. The van der Waals surface area contributed by atoms with E-state index in [1.54, 1.807) is 18.3 Å². The second kappa shape index (κ2) is 8.29. The minimum Gasteiger partial charge on any atom is -0.338 e. The van der Waals surface area contributed by atoms with Crippen LogP contribution in [0.5, 0.6) is 0 Å². The van der Waals surface area contributed by atoms with Crippen molar-refractivity contribution in [2.24, 2.45) is 13.0 Å². The van der Waals surface area contributed by atoms with Crippen LogP contribution in [0.2, 0.25) is 0 Å². The highest BCUT2D eigenvalue weighted by molar-refractivity contribution is 8.00. The van der Waals surface area contributed by atoms with Crippen LogP contribution in [-0.2, 0) is 11.8 Å². The quantitative estimate of drug-likeness (QED) is 0.766. The summed E-state index contributed by atoms with van der Waals surface area (Å²) in [5.74, 6) is 0.726. The number of nitrogens with zero attached hydrogens (tertiary/aromatic N) is 3. The van der Waals surface area contributed by atoms with Gasteiger partial charge >= 0.3 is 6.03 Å². The number of imide groups is 1. The van der Waals surface area contributed by atoms with E-state index in [1.165, 1.54) is 11.8 Å². The number of amides is 3. The predicted molar refractivity (Wildman–Crippen MR) is 96.0 cm³/mol. The van der Waals surface area contributed by atoms with Crippen LogP contribution in [0, 0.1) is 5.92 Å². The van der Waals surface area contributed by atoms with Crippen LogP contribution >= 0.6 is 23.1 Å². The van der Waals surface area contributed by atoms with Crippen molar-refractivity contribution in [3.63, 3.8) is 0 Å². The molecule has 0 aliphatic carbocycles. The summed E-state index contributed by atoms with van der Waals surface area (Å²) in [6, 6.07) is 3.45. The molecule has 2 heterocycles. The maximum atomic E-state index is 12.1. The number of rotatable bonds is 6. The lowest BCUT2D eigenvalue weighted by atomic mass is 10.2. The Hall–Kier alpha value is -1.87. The molecular formula is C15H21N5O2S2. The maximum Gasteiger partial charge on any atom is 0.321 e. The van der Waals surface area contributed by atoms with Gasteiger partial charge in [-0.25, -0.2) is 4.79 Å². The standard InChI is InChI=1S/C15H21N5O2S2/c1-9(2)8-16-14(22)17-13(21)10(3)24-15-19-18-12(20(15)4)11-6-5-7-23-11/h5-7,9-10H,8H2,1-4H3,(H2,16,17,21,22)/t10-/m1/s1. The van der Waals surface area contributed by atoms with Crippen molar-refractivity contribution < 1.29 is 9.59 Å². The van der Waals surface area contributed by atoms with Gasteiger partial charge in [0.2, 0.25) is 5.91 Å². The zero-order valence-electron chi connectivity index (χ0n) is 14.1. The molecule has 0 spiro atoms. The van der Waals surface area contributed by atoms with Gasteiger partial charge in [0.1, 0.15) is 0 Å². The second-order valence-corrected chi connectivity index (χ2v) is 7.95. The summed E-state index contributed by atoms with van der Waals surface area (Å²) in [6.07, 6.45) is 0. The van der Waals surface area contributed by atoms with Gasteiger partial charge in [0.05, 0.1) is 10.1 Å². The number of hydrogen-bond acceptors (Lipinski definition) is 6. The average Bonchev–Trinajstić information content (AvgIpc) is 3.16. The number of carbonyl (C=O) groups is 2. The number of aromatic nitrogens is 3. The Bertz CT molecular complexity index is 697. The number of carbonyl (C=O) groups excluding carboxylic acids is 2. The predicted octanol–water partition coefficient (Wildman–Crippen LogP) is 2.51. The SMILES string of the molecule is CC(C)CNC(=O)NC(=O)[C@@H](C)Sc1nnc(-c2cccs2)n1C. The topological polar surface area (TPSA) is 88.9 Å². The van der Waals surface area contributed by atoms with Crippen molar-refractivity contribution in [2.75, 3.05) is 6.54 Å². The molecule has 0 aliphatic heterocycles. The van der Waals surface area contributed by atoms with Crippen LogP contribution in [0.25, 0.3) is 10.7 Å². The summed E-state index contributed by atoms with van der Waals surface area (Å²) in [4.78, 5) is 24.8. The highest BCUT2D eigenvalue weighted by atomic mass is 32.2. The molecule has 0 radical (unpaired) electrons. The molecule has 3 amide bonds. The van der Waals surface area contributed by atoms with E-state index >= 15 is 0 Å². The van der Waals surface area contributed by atoms with Crippen molar-refractivity contribution in [2.45, 2.75) is 31.2 Å². The van der Waals surface area contributed by atoms with Gasteiger partial charge < -0.3 is 9.88 Å². The van der Waals surface area contributed by atoms with E-state index in [4.69, 9.17) is 0 Å². The van der Waals surface area contributed by atoms with Gasteiger partial charge in [0.25, 0.3) is 0 Å². The first-order valence-corrected chi connectivity index (χ1v) is 9.33. The van der Waals surface area contributed by atoms with Gasteiger partial charge in [0, 0.05) is 13.6 Å². The fourth-order valence-corrected chi connectivity index (χ4v) is 3.36. The lowest BCUT2D eigenvalue weighted by Crippen LogP contribution is -2.43. The smallest absolute Gasteiger partial charge is 0.321 e. The zero-order chi connectivity index (χ0) is 17.7. The zero-order valence-corrected chi connectivity index (χ0v) is 15.7. The van der Waals surface area contributed by atoms with E-state index in [1.807, 2.05) is 43.0 Å². The molecule has 7 nitrogen and oxygen atoms in total. The fraction of sp³-hybridized carbons (Fsp3) is 0.467. The number of nitrogens with one attached hydrogen (secondary N) is 2. The van der Waals surface area contributed by atoms with Crippen LogP contribution < -0.4 is 10.6 Å². The van der Waals surface area contributed by atoms with Crippen LogP contribution in [0.4, 0.5) is 4.79 Å². The Balaban J connectivity index is 1.93. The van der Waals surface area contributed by atoms with Gasteiger partial charge in [-0.15, -0.1) is 21.5 Å². The fourth-order valence-electron chi connectivity index (χ4n) is 1.80. The highest BCUT2D eigenvalue weighted by Crippen LogP contribution is 2.27. The van der Waals surface area contributed by atoms with E-state index in [9.17, 15) is 9.59 Å². The second-order valence-electron chi connectivity index (χ2n) is 5.70. The molecule has 0 aliphatic rings. The Kier molecular flexibility index (Phi) is 6.38. The lowest BCUT2D eigenvalue weighted by molar-refractivity contribution is -0.119. The van der Waals surface area contributed by atoms with Gasteiger partial charge in [0.15, 0.2) is 11.0 Å². The molecule has 0 bridgehead atoms. The first-order valence-electron chi connectivity index (χ1n) is 7.57. The summed E-state index contributed by atoms with van der Waals surface area (Å²) in [5, 5.41) is 15.4. The van der Waals surface area contributed by atoms with E-state index in [0.717, 1.165) is 10.7 Å². The normalized spacial score (nSPS) is 12.2. The Morgan fingerprint density at radius 1 is 1.33 bits per heavy atom. The van der Waals surface area contributed by atoms with Crippen molar-refractivity contribution >= 4 is 35.0 Å². The molecular weight excluding hydrogens is 346 g/mol. The largest absolute Gasteiger partial charge is 0.338 e. The van der Waals surface area contributed by atoms with Crippen molar-refractivity contribution in [1.29, 1.82) is 0 Å². The third-order valence-electron chi connectivity index (χ3n) is 3.14. The Morgan fingerprint density at radius 2 is 2.08 bits per heavy atom. The molecule has 24 heavy (non-hydrogen) atoms. The molecule has 0 aromatic carbocycles. The Labute approximate surface area is 149 Å². The summed E-state index contributed by atoms with van der Waals surface area (Å²) < 4.78 is 1.85.